The van der Waals surface area contributed by atoms with Gasteiger partial charge in [0.25, 0.3) is 5.91 Å². The molecule has 0 saturated carbocycles. The number of aliphatic hydroxyl groups is 1. The van der Waals surface area contributed by atoms with Crippen LogP contribution in [-0.2, 0) is 0 Å². The molecule has 0 spiro atoms. The predicted molar refractivity (Wildman–Crippen MR) is 116 cm³/mol. The van der Waals surface area contributed by atoms with Gasteiger partial charge in [-0.3, -0.25) is 4.79 Å². The lowest BCUT2D eigenvalue weighted by Gasteiger charge is -2.21. The van der Waals surface area contributed by atoms with Crippen molar-refractivity contribution in [3.05, 3.63) is 66.1 Å². The number of aliphatic hydroxyl groups excluding tert-OH is 1. The fraction of sp³-hybridized carbons (Fsp3) is 0.227. The van der Waals surface area contributed by atoms with Gasteiger partial charge in [0, 0.05) is 54.3 Å². The molecule has 0 bridgehead atoms. The largest absolute Gasteiger partial charge is 0.487 e. The van der Waals surface area contributed by atoms with Crippen LogP contribution in [0.4, 0.5) is 29.1 Å². The molecule has 3 aromatic rings. The van der Waals surface area contributed by atoms with E-state index in [1.54, 1.807) is 4.90 Å². The zero-order valence-electron chi connectivity index (χ0n) is 17.3. The molecule has 4 rings (SSSR count). The maximum Gasteiger partial charge on any atom is 0.487 e. The molecular formula is C22H17ClF4N4O3. The Morgan fingerprint density at radius 1 is 1.18 bits per heavy atom. The quantitative estimate of drug-likeness (QED) is 0.298. The van der Waals surface area contributed by atoms with Gasteiger partial charge in [-0.25, -0.2) is 4.98 Å². The molecule has 1 aliphatic heterocycles. The molecule has 1 aromatic carbocycles. The van der Waals surface area contributed by atoms with Crippen LogP contribution in [0.15, 0.2) is 48.7 Å². The Kier molecular flexibility index (Phi) is 6.58. The lowest BCUT2D eigenvalue weighted by Crippen LogP contribution is -2.23. The third kappa shape index (κ3) is 5.72. The number of anilines is 2. The average molecular weight is 497 g/mol. The number of carbonyl (C=O) groups excluding carboxylic acids is 1. The Balaban J connectivity index is 1.62. The summed E-state index contributed by atoms with van der Waals surface area (Å²) in [6.45, 7) is 0.746. The molecule has 1 fully saturated rings. The topological polar surface area (TPSA) is 87.6 Å². The molecule has 0 radical (unpaired) electrons. The minimum Gasteiger partial charge on any atom is -0.420 e. The number of aromatic nitrogens is 2. The molecule has 0 unspecified atom stereocenters. The molecule has 12 heteroatoms. The molecule has 3 heterocycles. The summed E-state index contributed by atoms with van der Waals surface area (Å²) in [6, 6.07) is 8.50. The number of β-amino-alcohol motifs (C(OH)–C–C–N with tert-alkyl or cyclic N) is 1. The number of amides is 1. The standard InChI is InChI=1S/C22H17ClF4N4O3/c23-22(26,27)34-16-3-1-14(2-4-16)29-21(33)13-7-17(12-8-18(24)30-19(25)9-12)20(28-10-13)31-6-5-15(32)11-31/h1-4,7-10,15,32H,5-6,11H2,(H,29,33)/t15-/m1/s1. The zero-order chi connectivity index (χ0) is 24.5. The number of ether oxygens (including phenoxy) is 1. The summed E-state index contributed by atoms with van der Waals surface area (Å²) in [6.07, 6.45) is 1.21. The average Bonchev–Trinajstić information content (AvgIpc) is 3.19. The number of benzene rings is 1. The highest BCUT2D eigenvalue weighted by molar-refractivity contribution is 6.20. The summed E-state index contributed by atoms with van der Waals surface area (Å²) in [5.74, 6) is -2.54. The first kappa shape index (κ1) is 23.7. The van der Waals surface area contributed by atoms with E-state index in [2.05, 4.69) is 20.0 Å². The molecule has 2 aromatic heterocycles. The Morgan fingerprint density at radius 3 is 2.44 bits per heavy atom. The number of hydrogen-bond acceptors (Lipinski definition) is 6. The van der Waals surface area contributed by atoms with Crippen molar-refractivity contribution in [2.45, 2.75) is 18.1 Å². The maximum atomic E-state index is 13.8. The van der Waals surface area contributed by atoms with Crippen LogP contribution >= 0.6 is 11.6 Å². The second kappa shape index (κ2) is 9.43. The van der Waals surface area contributed by atoms with Crippen LogP contribution in [0.3, 0.4) is 0 Å². The van der Waals surface area contributed by atoms with Crippen molar-refractivity contribution in [2.75, 3.05) is 23.3 Å². The number of nitrogens with one attached hydrogen (secondary N) is 1. The number of hydrogen-bond donors (Lipinski definition) is 2. The lowest BCUT2D eigenvalue weighted by molar-refractivity contribution is -0.0964. The van der Waals surface area contributed by atoms with Crippen LogP contribution in [0, 0.1) is 11.9 Å². The van der Waals surface area contributed by atoms with Crippen molar-refractivity contribution < 1.29 is 32.2 Å². The van der Waals surface area contributed by atoms with Gasteiger partial charge in [0.15, 0.2) is 0 Å². The van der Waals surface area contributed by atoms with E-state index in [4.69, 9.17) is 11.6 Å². The number of pyridine rings is 2. The molecule has 0 aliphatic carbocycles. The van der Waals surface area contributed by atoms with Crippen molar-refractivity contribution >= 4 is 29.0 Å². The van der Waals surface area contributed by atoms with Gasteiger partial charge in [-0.1, -0.05) is 0 Å². The Morgan fingerprint density at radius 2 is 1.85 bits per heavy atom. The Hall–Kier alpha value is -3.44. The second-order valence-corrected chi connectivity index (χ2v) is 7.95. The maximum absolute atomic E-state index is 13.8. The van der Waals surface area contributed by atoms with E-state index in [1.165, 1.54) is 36.5 Å². The van der Waals surface area contributed by atoms with Crippen molar-refractivity contribution in [1.82, 2.24) is 9.97 Å². The molecular weight excluding hydrogens is 480 g/mol. The summed E-state index contributed by atoms with van der Waals surface area (Å²) in [7, 11) is 0. The lowest BCUT2D eigenvalue weighted by atomic mass is 10.0. The summed E-state index contributed by atoms with van der Waals surface area (Å²) >= 11 is 4.72. The first-order chi connectivity index (χ1) is 16.1. The van der Waals surface area contributed by atoms with E-state index in [0.29, 0.717) is 18.8 Å². The number of halogens is 5. The van der Waals surface area contributed by atoms with E-state index < -0.39 is 29.5 Å². The van der Waals surface area contributed by atoms with Crippen LogP contribution < -0.4 is 15.0 Å². The fourth-order valence-electron chi connectivity index (χ4n) is 3.54. The molecule has 7 nitrogen and oxygen atoms in total. The van der Waals surface area contributed by atoms with Crippen molar-refractivity contribution in [2.24, 2.45) is 0 Å². The van der Waals surface area contributed by atoms with E-state index in [9.17, 15) is 27.5 Å². The SMILES string of the molecule is O=C(Nc1ccc(OC(F)(F)Cl)cc1)c1cnc(N2CC[C@@H](O)C2)c(-c2cc(F)nc(F)c2)c1. The molecule has 1 saturated heterocycles. The molecule has 178 valence electrons. The summed E-state index contributed by atoms with van der Waals surface area (Å²) in [5, 5.41) is 12.5. The van der Waals surface area contributed by atoms with Crippen LogP contribution in [0.25, 0.3) is 11.1 Å². The van der Waals surface area contributed by atoms with E-state index in [0.717, 1.165) is 12.1 Å². The van der Waals surface area contributed by atoms with Crippen LogP contribution in [0.2, 0.25) is 0 Å². The number of carbonyl (C=O) groups is 1. The van der Waals surface area contributed by atoms with E-state index >= 15 is 0 Å². The van der Waals surface area contributed by atoms with Crippen LogP contribution in [0.5, 0.6) is 5.75 Å². The third-order valence-corrected chi connectivity index (χ3v) is 5.09. The zero-order valence-corrected chi connectivity index (χ0v) is 18.1. The highest BCUT2D eigenvalue weighted by Gasteiger charge is 2.28. The smallest absolute Gasteiger partial charge is 0.420 e. The number of alkyl halides is 3. The Bertz CT molecular complexity index is 1190. The highest BCUT2D eigenvalue weighted by Crippen LogP contribution is 2.33. The summed E-state index contributed by atoms with van der Waals surface area (Å²) in [4.78, 5) is 22.0. The van der Waals surface area contributed by atoms with Gasteiger partial charge in [-0.15, -0.1) is 8.78 Å². The fourth-order valence-corrected chi connectivity index (χ4v) is 3.63. The third-order valence-electron chi connectivity index (χ3n) is 5.01. The first-order valence-corrected chi connectivity index (χ1v) is 10.4. The second-order valence-electron chi connectivity index (χ2n) is 7.51. The van der Waals surface area contributed by atoms with Crippen LogP contribution in [-0.4, -0.2) is 45.7 Å². The van der Waals surface area contributed by atoms with Gasteiger partial charge in [0.05, 0.1) is 11.7 Å². The number of rotatable bonds is 6. The van der Waals surface area contributed by atoms with Gasteiger partial charge in [0.1, 0.15) is 11.6 Å². The molecule has 34 heavy (non-hydrogen) atoms. The van der Waals surface area contributed by atoms with Crippen LogP contribution in [0.1, 0.15) is 16.8 Å². The van der Waals surface area contributed by atoms with Gasteiger partial charge >= 0.3 is 5.57 Å². The van der Waals surface area contributed by atoms with E-state index in [-0.39, 0.29) is 34.7 Å². The van der Waals surface area contributed by atoms with Crippen molar-refractivity contribution in [1.29, 1.82) is 0 Å². The minimum absolute atomic E-state index is 0.0729. The monoisotopic (exact) mass is 496 g/mol. The Labute approximate surface area is 196 Å². The molecule has 1 amide bonds. The van der Waals surface area contributed by atoms with E-state index in [1.807, 2.05) is 0 Å². The summed E-state index contributed by atoms with van der Waals surface area (Å²) in [5.41, 5.74) is -3.14. The van der Waals surface area contributed by atoms with Crippen molar-refractivity contribution in [3.8, 4) is 16.9 Å². The highest BCUT2D eigenvalue weighted by atomic mass is 35.5. The molecule has 1 atom stereocenters. The van der Waals surface area contributed by atoms with Gasteiger partial charge in [-0.05, 0) is 42.3 Å². The van der Waals surface area contributed by atoms with Crippen molar-refractivity contribution in [3.63, 3.8) is 0 Å². The predicted octanol–water partition coefficient (Wildman–Crippen LogP) is 4.41. The molecule has 2 N–H and O–H groups in total. The normalized spacial score (nSPS) is 15.9. The number of nitrogens with zero attached hydrogens (tertiary/aromatic N) is 3. The summed E-state index contributed by atoms with van der Waals surface area (Å²) < 4.78 is 57.3. The first-order valence-electron chi connectivity index (χ1n) is 10.0. The van der Waals surface area contributed by atoms with Gasteiger partial charge < -0.3 is 20.1 Å². The van der Waals surface area contributed by atoms with Gasteiger partial charge in [0.2, 0.25) is 11.9 Å². The molecule has 1 aliphatic rings. The minimum atomic E-state index is -3.87. The van der Waals surface area contributed by atoms with Gasteiger partial charge in [-0.2, -0.15) is 13.8 Å².